The topological polar surface area (TPSA) is 43.0 Å². The summed E-state index contributed by atoms with van der Waals surface area (Å²) in [7, 11) is -2.11. The van der Waals surface area contributed by atoms with Crippen LogP contribution in [0.4, 0.5) is 0 Å². The molecule has 0 atom stereocenters. The largest absolute Gasteiger partial charge is 0.308 e. The highest BCUT2D eigenvalue weighted by Gasteiger charge is 2.45. The summed E-state index contributed by atoms with van der Waals surface area (Å²) >= 11 is 0. The Bertz CT molecular complexity index is 3620. The van der Waals surface area contributed by atoms with E-state index in [0.717, 1.165) is 75.3 Å². The summed E-state index contributed by atoms with van der Waals surface area (Å²) in [6.07, 6.45) is 10.5. The number of fused-ring (bicyclic) bond motifs is 16. The number of hydrogen-bond donors (Lipinski definition) is 0. The van der Waals surface area contributed by atoms with Gasteiger partial charge < -0.3 is 8.80 Å². The summed E-state index contributed by atoms with van der Waals surface area (Å²) in [6, 6.07) is 22.8. The van der Waals surface area contributed by atoms with Gasteiger partial charge in [-0.1, -0.05) is 106 Å². The fraction of sp³-hybridized carbons (Fsp3) is 0.492. The first-order valence-electron chi connectivity index (χ1n) is 26.9. The first-order chi connectivity index (χ1) is 32.2. The molecule has 4 aromatic heterocycles. The number of carbonyl (C=O) groups is 2. The molecule has 6 aliphatic carbocycles. The Labute approximate surface area is 403 Å². The van der Waals surface area contributed by atoms with E-state index in [-0.39, 0.29) is 22.7 Å². The molecular formula is C63H72N2O2Si. The summed E-state index contributed by atoms with van der Waals surface area (Å²) in [6.45, 7) is 29.3. The predicted molar refractivity (Wildman–Crippen MR) is 291 cm³/mol. The molecule has 5 heteroatoms. The van der Waals surface area contributed by atoms with Crippen LogP contribution >= 0.6 is 0 Å². The lowest BCUT2D eigenvalue weighted by Gasteiger charge is -2.43. The fourth-order valence-electron chi connectivity index (χ4n) is 16.5. The van der Waals surface area contributed by atoms with Crippen molar-refractivity contribution < 1.29 is 9.59 Å². The van der Waals surface area contributed by atoms with Gasteiger partial charge in [0, 0.05) is 66.1 Å². The van der Waals surface area contributed by atoms with E-state index in [1.54, 1.807) is 5.19 Å². The molecule has 68 heavy (non-hydrogen) atoms. The molecule has 4 bridgehead atoms. The van der Waals surface area contributed by atoms with Crippen molar-refractivity contribution in [2.24, 2.45) is 22.7 Å². The van der Waals surface area contributed by atoms with Gasteiger partial charge in [-0.3, -0.25) is 9.59 Å². The smallest absolute Gasteiger partial charge is 0.166 e. The van der Waals surface area contributed by atoms with Crippen LogP contribution in [0.25, 0.3) is 76.2 Å². The van der Waals surface area contributed by atoms with Crippen LogP contribution in [0.5, 0.6) is 0 Å². The summed E-state index contributed by atoms with van der Waals surface area (Å²) < 4.78 is 5.22. The number of ketones is 2. The minimum atomic E-state index is -2.11. The van der Waals surface area contributed by atoms with Crippen molar-refractivity contribution in [3.63, 3.8) is 0 Å². The molecule has 9 aromatic rings. The van der Waals surface area contributed by atoms with Crippen LogP contribution in [0.2, 0.25) is 16.6 Å². The van der Waals surface area contributed by atoms with Crippen molar-refractivity contribution >= 4 is 101 Å². The monoisotopic (exact) mass is 917 g/mol. The molecule has 0 radical (unpaired) electrons. The van der Waals surface area contributed by atoms with Crippen molar-refractivity contribution in [3.05, 3.63) is 88.0 Å². The minimum absolute atomic E-state index is 0.0708. The molecule has 2 fully saturated rings. The number of hydrogen-bond acceptors (Lipinski definition) is 2. The van der Waals surface area contributed by atoms with Crippen LogP contribution in [0, 0.1) is 22.7 Å². The zero-order valence-corrected chi connectivity index (χ0v) is 44.0. The second-order valence-corrected chi connectivity index (χ2v) is 32.3. The molecule has 4 nitrogen and oxygen atoms in total. The molecule has 0 amide bonds. The van der Waals surface area contributed by atoms with Crippen molar-refractivity contribution in [2.75, 3.05) is 0 Å². The van der Waals surface area contributed by atoms with Crippen molar-refractivity contribution in [1.29, 1.82) is 0 Å². The maximum Gasteiger partial charge on any atom is 0.166 e. The highest BCUT2D eigenvalue weighted by atomic mass is 28.3. The van der Waals surface area contributed by atoms with Crippen molar-refractivity contribution in [3.8, 4) is 0 Å². The van der Waals surface area contributed by atoms with Crippen LogP contribution in [0.1, 0.15) is 189 Å². The summed E-state index contributed by atoms with van der Waals surface area (Å²) in [5.41, 5.74) is 16.8. The predicted octanol–water partition coefficient (Wildman–Crippen LogP) is 17.0. The Hall–Kier alpha value is -4.74. The number of Topliss-reactive ketones (excluding diaryl/α,β-unsaturated/α-hetero) is 2. The highest BCUT2D eigenvalue weighted by molar-refractivity contribution is 6.95. The summed E-state index contributed by atoms with van der Waals surface area (Å²) in [4.78, 5) is 29.0. The number of aromatic nitrogens is 2. The zero-order chi connectivity index (χ0) is 47.4. The lowest BCUT2D eigenvalue weighted by molar-refractivity contribution is 0.0891. The van der Waals surface area contributed by atoms with Gasteiger partial charge in [0.1, 0.15) is 0 Å². The van der Waals surface area contributed by atoms with E-state index in [2.05, 4.69) is 146 Å². The first-order valence-corrected chi connectivity index (χ1v) is 29.1. The van der Waals surface area contributed by atoms with Gasteiger partial charge in [0.2, 0.25) is 0 Å². The normalized spacial score (nSPS) is 21.6. The maximum atomic E-state index is 14.5. The number of nitrogens with zero attached hydrogens (tertiary/aromatic N) is 2. The van der Waals surface area contributed by atoms with Gasteiger partial charge in [-0.25, -0.2) is 0 Å². The van der Waals surface area contributed by atoms with E-state index in [9.17, 15) is 9.59 Å². The third-order valence-electron chi connectivity index (χ3n) is 19.0. The van der Waals surface area contributed by atoms with Gasteiger partial charge in [-0.05, 0) is 162 Å². The molecule has 350 valence electrons. The van der Waals surface area contributed by atoms with Crippen LogP contribution in [0.3, 0.4) is 0 Å². The molecule has 6 aliphatic rings. The SMILES string of the molecule is CC(C)[Si](c1cc2c3cc4c(cc3n3c5cc6c7c(CC(C)(C)C)cc(CC(C)(C)C)c8c9cc%10c(cc9n(c6cc5c(c1)c23)c87)C(=O)C1CCC%10CC1)C(=O)C1CCC4CC1)(C(C)C)C(C)C. The molecule has 0 N–H and O–H groups in total. The molecule has 2 saturated carbocycles. The Balaban J connectivity index is 1.23. The van der Waals surface area contributed by atoms with Gasteiger partial charge in [-0.15, -0.1) is 0 Å². The molecular weight excluding hydrogens is 845 g/mol. The molecule has 0 spiro atoms. The average Bonchev–Trinajstić information content (AvgIpc) is 3.89. The number of rotatable bonds is 6. The second-order valence-electron chi connectivity index (χ2n) is 26.4. The Morgan fingerprint density at radius 3 is 1.29 bits per heavy atom. The number of carbonyl (C=O) groups excluding carboxylic acids is 2. The first kappa shape index (κ1) is 43.3. The van der Waals surface area contributed by atoms with Crippen LogP contribution in [0.15, 0.2) is 54.6 Å². The molecule has 5 aromatic carbocycles. The molecule has 4 heterocycles. The van der Waals surface area contributed by atoms with E-state index in [1.807, 2.05) is 0 Å². The lowest BCUT2D eigenvalue weighted by Crippen LogP contribution is -2.55. The summed E-state index contributed by atoms with van der Waals surface area (Å²) in [5, 5.41) is 12.3. The van der Waals surface area contributed by atoms with E-state index >= 15 is 0 Å². The standard InChI is InChI=1S/C63H72N2O2Si/c1-32(2)68(33(3)4,34(5)6)41-22-46-44-24-42-35-13-17-37(18-14-35)60(66)48(42)27-52(44)64-53-29-51-54(26-45(53)47(23-41)58(46)64)65-55-28-49-43(36-15-19-38(20-16-36)61(49)67)25-50(55)56-39(30-62(7,8)9)21-40(31-63(10,11)12)57(51)59(56)65/h21-29,32-38H,13-20,30-31H2,1-12H3. The van der Waals surface area contributed by atoms with Crippen LogP contribution < -0.4 is 5.19 Å². The van der Waals surface area contributed by atoms with E-state index in [0.29, 0.717) is 40.0 Å². The van der Waals surface area contributed by atoms with Crippen molar-refractivity contribution in [1.82, 2.24) is 8.80 Å². The summed E-state index contributed by atoms with van der Waals surface area (Å²) in [5.74, 6) is 1.96. The van der Waals surface area contributed by atoms with E-state index in [4.69, 9.17) is 0 Å². The zero-order valence-electron chi connectivity index (χ0n) is 43.0. The molecule has 0 aliphatic heterocycles. The van der Waals surface area contributed by atoms with Crippen LogP contribution in [-0.2, 0) is 12.8 Å². The third kappa shape index (κ3) is 5.72. The van der Waals surface area contributed by atoms with Crippen molar-refractivity contribution in [2.45, 2.75) is 176 Å². The van der Waals surface area contributed by atoms with Gasteiger partial charge >= 0.3 is 0 Å². The molecule has 15 rings (SSSR count). The van der Waals surface area contributed by atoms with E-state index in [1.165, 1.54) is 98.4 Å². The quantitative estimate of drug-likeness (QED) is 0.156. The maximum absolute atomic E-state index is 14.5. The molecule has 0 saturated heterocycles. The fourth-order valence-corrected chi connectivity index (χ4v) is 23.3. The Kier molecular flexibility index (Phi) is 9.04. The highest BCUT2D eigenvalue weighted by Crippen LogP contribution is 2.53. The minimum Gasteiger partial charge on any atom is -0.308 e. The second kappa shape index (κ2) is 14.2. The third-order valence-corrected chi connectivity index (χ3v) is 26.0. The molecule has 0 unspecified atom stereocenters. The lowest BCUT2D eigenvalue weighted by atomic mass is 9.81. The van der Waals surface area contributed by atoms with Gasteiger partial charge in [0.15, 0.2) is 11.6 Å². The Morgan fingerprint density at radius 2 is 0.824 bits per heavy atom. The van der Waals surface area contributed by atoms with Crippen LogP contribution in [-0.4, -0.2) is 28.4 Å². The Morgan fingerprint density at radius 1 is 0.456 bits per heavy atom. The van der Waals surface area contributed by atoms with Gasteiger partial charge in [-0.2, -0.15) is 0 Å². The number of benzene rings is 5. The van der Waals surface area contributed by atoms with Gasteiger partial charge in [0.05, 0.1) is 41.2 Å². The van der Waals surface area contributed by atoms with Gasteiger partial charge in [0.25, 0.3) is 0 Å². The van der Waals surface area contributed by atoms with E-state index < -0.39 is 8.07 Å². The average molecular weight is 917 g/mol.